The first-order valence-electron chi connectivity index (χ1n) is 7.70. The Hall–Kier alpha value is -2.93. The third-order valence-corrected chi connectivity index (χ3v) is 3.88. The van der Waals surface area contributed by atoms with Crippen molar-refractivity contribution in [3.63, 3.8) is 0 Å². The van der Waals surface area contributed by atoms with Crippen molar-refractivity contribution in [3.8, 4) is 0 Å². The van der Waals surface area contributed by atoms with Gasteiger partial charge in [-0.05, 0) is 12.1 Å². The van der Waals surface area contributed by atoms with Crippen LogP contribution in [0.15, 0.2) is 47.5 Å². The predicted molar refractivity (Wildman–Crippen MR) is 85.6 cm³/mol. The number of nitrogens with zero attached hydrogens (tertiary/aromatic N) is 3. The number of nitrogens with one attached hydrogen (secondary N) is 1. The van der Waals surface area contributed by atoms with Gasteiger partial charge in [0, 0.05) is 29.9 Å². The summed E-state index contributed by atoms with van der Waals surface area (Å²) in [5.41, 5.74) is 3.39. The van der Waals surface area contributed by atoms with E-state index in [9.17, 15) is 4.79 Å². The van der Waals surface area contributed by atoms with Gasteiger partial charge in [0.05, 0.1) is 43.6 Å². The molecule has 4 rings (SSSR count). The van der Waals surface area contributed by atoms with Gasteiger partial charge >= 0.3 is 0 Å². The number of aromatic nitrogens is 3. The maximum absolute atomic E-state index is 12.4. The molecule has 1 N–H and O–H groups in total. The second kappa shape index (κ2) is 6.29. The molecular formula is C17H16N4O3. The molecule has 0 spiro atoms. The largest absolute Gasteiger partial charge is 0.458 e. The van der Waals surface area contributed by atoms with Crippen molar-refractivity contribution in [1.29, 1.82) is 0 Å². The topological polar surface area (TPSA) is 82.2 Å². The normalized spacial score (nSPS) is 13.5. The molecule has 0 aromatic carbocycles. The smallest absolute Gasteiger partial charge is 0.291 e. The van der Waals surface area contributed by atoms with Crippen molar-refractivity contribution >= 4 is 11.6 Å². The van der Waals surface area contributed by atoms with Gasteiger partial charge in [0.1, 0.15) is 0 Å². The highest BCUT2D eigenvalue weighted by atomic mass is 16.5. The summed E-state index contributed by atoms with van der Waals surface area (Å²) in [4.78, 5) is 16.7. The molecule has 0 radical (unpaired) electrons. The van der Waals surface area contributed by atoms with E-state index in [1.54, 1.807) is 29.5 Å². The van der Waals surface area contributed by atoms with Crippen LogP contribution in [0.3, 0.4) is 0 Å². The Bertz CT molecular complexity index is 854. The van der Waals surface area contributed by atoms with Crippen molar-refractivity contribution < 1.29 is 13.9 Å². The van der Waals surface area contributed by atoms with Crippen molar-refractivity contribution in [2.24, 2.45) is 0 Å². The number of furan rings is 1. The van der Waals surface area contributed by atoms with E-state index in [4.69, 9.17) is 9.15 Å². The maximum Gasteiger partial charge on any atom is 0.291 e. The second-order valence-corrected chi connectivity index (χ2v) is 5.57. The lowest BCUT2D eigenvalue weighted by atomic mass is 10.1. The zero-order valence-electron chi connectivity index (χ0n) is 12.9. The molecule has 3 aromatic rings. The number of carbonyl (C=O) groups excluding carboxylic acids is 1. The monoisotopic (exact) mass is 324 g/mol. The van der Waals surface area contributed by atoms with E-state index in [2.05, 4.69) is 15.4 Å². The van der Waals surface area contributed by atoms with E-state index in [0.29, 0.717) is 37.6 Å². The van der Waals surface area contributed by atoms with E-state index in [1.165, 1.54) is 0 Å². The fourth-order valence-corrected chi connectivity index (χ4v) is 2.72. The third kappa shape index (κ3) is 2.93. The zero-order chi connectivity index (χ0) is 16.4. The Balaban J connectivity index is 1.46. The summed E-state index contributed by atoms with van der Waals surface area (Å²) in [6.07, 6.45) is 7.40. The molecule has 0 bridgehead atoms. The SMILES string of the molecule is O=C(Nc1cnn(Cc2ccccn2)c1)c1occ2c1CCOC2. The summed E-state index contributed by atoms with van der Waals surface area (Å²) in [6.45, 7) is 1.65. The molecule has 0 unspecified atom stereocenters. The number of amides is 1. The number of hydrogen-bond acceptors (Lipinski definition) is 5. The molecule has 24 heavy (non-hydrogen) atoms. The molecule has 0 atom stereocenters. The summed E-state index contributed by atoms with van der Waals surface area (Å²) < 4.78 is 12.5. The second-order valence-electron chi connectivity index (χ2n) is 5.57. The van der Waals surface area contributed by atoms with Crippen LogP contribution in [-0.2, 0) is 24.3 Å². The van der Waals surface area contributed by atoms with Crippen LogP contribution < -0.4 is 5.32 Å². The molecule has 7 heteroatoms. The van der Waals surface area contributed by atoms with Crippen molar-refractivity contribution in [3.05, 3.63) is 65.6 Å². The van der Waals surface area contributed by atoms with E-state index in [0.717, 1.165) is 16.8 Å². The predicted octanol–water partition coefficient (Wildman–Crippen LogP) is 2.24. The average Bonchev–Trinajstić information content (AvgIpc) is 3.22. The van der Waals surface area contributed by atoms with Crippen molar-refractivity contribution in [1.82, 2.24) is 14.8 Å². The summed E-state index contributed by atoms with van der Waals surface area (Å²) in [7, 11) is 0. The fraction of sp³-hybridized carbons (Fsp3) is 0.235. The quantitative estimate of drug-likeness (QED) is 0.796. The van der Waals surface area contributed by atoms with Crippen LogP contribution in [0.2, 0.25) is 0 Å². The van der Waals surface area contributed by atoms with Crippen molar-refractivity contribution in [2.45, 2.75) is 19.6 Å². The summed E-state index contributed by atoms with van der Waals surface area (Å²) in [5.74, 6) is 0.0845. The van der Waals surface area contributed by atoms with Gasteiger partial charge in [-0.25, -0.2) is 0 Å². The summed E-state index contributed by atoms with van der Waals surface area (Å²) >= 11 is 0. The van der Waals surface area contributed by atoms with E-state index in [-0.39, 0.29) is 5.91 Å². The maximum atomic E-state index is 12.4. The Morgan fingerprint density at radius 2 is 2.33 bits per heavy atom. The number of ether oxygens (including phenoxy) is 1. The summed E-state index contributed by atoms with van der Waals surface area (Å²) in [6, 6.07) is 5.72. The molecule has 7 nitrogen and oxygen atoms in total. The molecular weight excluding hydrogens is 308 g/mol. The highest BCUT2D eigenvalue weighted by Crippen LogP contribution is 2.23. The number of pyridine rings is 1. The molecule has 1 aliphatic heterocycles. The number of fused-ring (bicyclic) bond motifs is 1. The van der Waals surface area contributed by atoms with Crippen LogP contribution in [-0.4, -0.2) is 27.3 Å². The van der Waals surface area contributed by atoms with Crippen LogP contribution in [0.5, 0.6) is 0 Å². The van der Waals surface area contributed by atoms with Gasteiger partial charge in [-0.3, -0.25) is 14.5 Å². The molecule has 1 amide bonds. The van der Waals surface area contributed by atoms with Crippen LogP contribution in [0.1, 0.15) is 27.4 Å². The number of anilines is 1. The molecule has 0 saturated carbocycles. The van der Waals surface area contributed by atoms with Gasteiger partial charge < -0.3 is 14.5 Å². The summed E-state index contributed by atoms with van der Waals surface area (Å²) in [5, 5.41) is 7.07. The van der Waals surface area contributed by atoms with E-state index < -0.39 is 0 Å². The zero-order valence-corrected chi connectivity index (χ0v) is 12.9. The minimum Gasteiger partial charge on any atom is -0.458 e. The molecule has 1 aliphatic rings. The highest BCUT2D eigenvalue weighted by molar-refractivity contribution is 6.03. The molecule has 122 valence electrons. The Labute approximate surface area is 138 Å². The molecule has 4 heterocycles. The van der Waals surface area contributed by atoms with Gasteiger partial charge in [-0.1, -0.05) is 6.07 Å². The number of rotatable bonds is 4. The third-order valence-electron chi connectivity index (χ3n) is 3.88. The van der Waals surface area contributed by atoms with Gasteiger partial charge in [0.2, 0.25) is 0 Å². The Kier molecular flexibility index (Phi) is 3.84. The molecule has 3 aromatic heterocycles. The minimum absolute atomic E-state index is 0.268. The molecule has 0 aliphatic carbocycles. The number of hydrogen-bond donors (Lipinski definition) is 1. The van der Waals surface area contributed by atoms with Crippen LogP contribution in [0.25, 0.3) is 0 Å². The lowest BCUT2D eigenvalue weighted by Crippen LogP contribution is -2.16. The fourth-order valence-electron chi connectivity index (χ4n) is 2.72. The molecule has 0 saturated heterocycles. The van der Waals surface area contributed by atoms with E-state index in [1.807, 2.05) is 18.2 Å². The lowest BCUT2D eigenvalue weighted by molar-refractivity contribution is 0.0988. The van der Waals surface area contributed by atoms with Crippen molar-refractivity contribution in [2.75, 3.05) is 11.9 Å². The Morgan fingerprint density at radius 3 is 3.21 bits per heavy atom. The van der Waals surface area contributed by atoms with Gasteiger partial charge in [0.25, 0.3) is 5.91 Å². The first-order valence-corrected chi connectivity index (χ1v) is 7.70. The first kappa shape index (κ1) is 14.6. The first-order chi connectivity index (χ1) is 11.8. The highest BCUT2D eigenvalue weighted by Gasteiger charge is 2.23. The average molecular weight is 324 g/mol. The van der Waals surface area contributed by atoms with Gasteiger partial charge in [0.15, 0.2) is 5.76 Å². The van der Waals surface area contributed by atoms with Crippen LogP contribution in [0.4, 0.5) is 5.69 Å². The van der Waals surface area contributed by atoms with Crippen LogP contribution >= 0.6 is 0 Å². The lowest BCUT2D eigenvalue weighted by Gasteiger charge is -2.11. The minimum atomic E-state index is -0.268. The van der Waals surface area contributed by atoms with Crippen LogP contribution in [0, 0.1) is 0 Å². The molecule has 0 fully saturated rings. The standard InChI is InChI=1S/C17H16N4O3/c22-17(16-15-4-6-23-10-12(15)11-24-16)20-14-7-19-21(9-14)8-13-3-1-2-5-18-13/h1-3,5,7,9,11H,4,6,8,10H2,(H,20,22). The van der Waals surface area contributed by atoms with Gasteiger partial charge in [-0.2, -0.15) is 5.10 Å². The Morgan fingerprint density at radius 1 is 1.38 bits per heavy atom. The number of carbonyl (C=O) groups is 1. The van der Waals surface area contributed by atoms with E-state index >= 15 is 0 Å². The van der Waals surface area contributed by atoms with Gasteiger partial charge in [-0.15, -0.1) is 0 Å².